The summed E-state index contributed by atoms with van der Waals surface area (Å²) in [5, 5.41) is 0. The summed E-state index contributed by atoms with van der Waals surface area (Å²) in [5.41, 5.74) is 16.8. The van der Waals surface area contributed by atoms with Gasteiger partial charge in [0.1, 0.15) is 11.8 Å². The fourth-order valence-corrected chi connectivity index (χ4v) is 8.31. The van der Waals surface area contributed by atoms with Crippen LogP contribution in [-0.2, 0) is 16.6 Å². The van der Waals surface area contributed by atoms with E-state index in [2.05, 4.69) is 46.8 Å². The average molecular weight is 441 g/mol. The molecule has 1 aromatic carbocycles. The zero-order valence-corrected chi connectivity index (χ0v) is 20.9. The van der Waals surface area contributed by atoms with Gasteiger partial charge in [0.15, 0.2) is 0 Å². The Bertz CT molecular complexity index is 878. The van der Waals surface area contributed by atoms with Gasteiger partial charge in [0.2, 0.25) is 0 Å². The number of unbranched alkanes of at least 4 members (excludes halogenated alkanes) is 1. The minimum Gasteiger partial charge on any atom is -0.425 e. The van der Waals surface area contributed by atoms with E-state index in [1.165, 1.54) is 48.8 Å². The van der Waals surface area contributed by atoms with E-state index in [9.17, 15) is 4.79 Å². The van der Waals surface area contributed by atoms with Crippen LogP contribution >= 0.6 is 0 Å². The molecule has 3 aliphatic rings. The van der Waals surface area contributed by atoms with Crippen molar-refractivity contribution in [2.45, 2.75) is 104 Å². The molecule has 2 fully saturated rings. The minimum absolute atomic E-state index is 0.221. The van der Waals surface area contributed by atoms with Gasteiger partial charge in [0.05, 0.1) is 0 Å². The topological polar surface area (TPSA) is 78.3 Å². The van der Waals surface area contributed by atoms with Crippen molar-refractivity contribution in [2.24, 2.45) is 34.1 Å². The molecule has 0 bridgehead atoms. The van der Waals surface area contributed by atoms with E-state index in [4.69, 9.17) is 16.2 Å². The molecular formula is C28H44N2O2. The summed E-state index contributed by atoms with van der Waals surface area (Å²) < 4.78 is 5.77. The molecule has 0 saturated heterocycles. The summed E-state index contributed by atoms with van der Waals surface area (Å²) in [6.45, 7) is 12.9. The molecule has 0 heterocycles. The predicted molar refractivity (Wildman–Crippen MR) is 131 cm³/mol. The van der Waals surface area contributed by atoms with E-state index in [0.29, 0.717) is 35.5 Å². The number of hydrogen-bond donors (Lipinski definition) is 2. The van der Waals surface area contributed by atoms with Crippen LogP contribution < -0.4 is 16.2 Å². The largest absolute Gasteiger partial charge is 0.425 e. The lowest BCUT2D eigenvalue weighted by Crippen LogP contribution is -2.55. The SMILES string of the molecule is Cc1cc(OC(=O)[C@@H](N)CCCCN)cc2c1[C@]1(C)CC[C@@H]3C(C)(C)CCC[C@]3(C)[C@H]1C2. The number of aryl methyl sites for hydroxylation is 1. The van der Waals surface area contributed by atoms with Gasteiger partial charge in [-0.3, -0.25) is 0 Å². The Morgan fingerprint density at radius 1 is 1.12 bits per heavy atom. The summed E-state index contributed by atoms with van der Waals surface area (Å²) in [7, 11) is 0. The number of esters is 1. The Hall–Kier alpha value is -1.39. The van der Waals surface area contributed by atoms with Crippen LogP contribution in [0.15, 0.2) is 12.1 Å². The number of carbonyl (C=O) groups is 1. The molecule has 178 valence electrons. The Morgan fingerprint density at radius 3 is 2.59 bits per heavy atom. The van der Waals surface area contributed by atoms with Gasteiger partial charge < -0.3 is 16.2 Å². The summed E-state index contributed by atoms with van der Waals surface area (Å²) in [4.78, 5) is 12.6. The molecule has 0 aromatic heterocycles. The molecule has 4 N–H and O–H groups in total. The van der Waals surface area contributed by atoms with Crippen molar-refractivity contribution in [2.75, 3.05) is 6.54 Å². The molecular weight excluding hydrogens is 396 g/mol. The van der Waals surface area contributed by atoms with Crippen molar-refractivity contribution in [1.82, 2.24) is 0 Å². The highest BCUT2D eigenvalue weighted by atomic mass is 16.5. The van der Waals surface area contributed by atoms with Crippen LogP contribution in [-0.4, -0.2) is 18.6 Å². The average Bonchev–Trinajstić information content (AvgIpc) is 3.01. The fourth-order valence-electron chi connectivity index (χ4n) is 8.31. The van der Waals surface area contributed by atoms with Gasteiger partial charge in [-0.1, -0.05) is 40.5 Å². The van der Waals surface area contributed by atoms with Crippen LogP contribution in [0.2, 0.25) is 0 Å². The molecule has 0 spiro atoms. The van der Waals surface area contributed by atoms with Crippen molar-refractivity contribution < 1.29 is 9.53 Å². The Balaban J connectivity index is 1.58. The number of rotatable bonds is 6. The van der Waals surface area contributed by atoms with Crippen molar-refractivity contribution in [3.8, 4) is 5.75 Å². The van der Waals surface area contributed by atoms with E-state index in [1.807, 2.05) is 0 Å². The van der Waals surface area contributed by atoms with Gasteiger partial charge in [0.25, 0.3) is 0 Å². The third-order valence-corrected chi connectivity index (χ3v) is 9.67. The second-order valence-corrected chi connectivity index (χ2v) is 12.2. The van der Waals surface area contributed by atoms with Crippen molar-refractivity contribution in [3.63, 3.8) is 0 Å². The lowest BCUT2D eigenvalue weighted by atomic mass is 9.43. The highest BCUT2D eigenvalue weighted by Crippen LogP contribution is 2.67. The second kappa shape index (κ2) is 8.43. The molecule has 3 aliphatic carbocycles. The van der Waals surface area contributed by atoms with E-state index in [-0.39, 0.29) is 11.4 Å². The third kappa shape index (κ3) is 3.81. The summed E-state index contributed by atoms with van der Waals surface area (Å²) >= 11 is 0. The van der Waals surface area contributed by atoms with Crippen LogP contribution in [0, 0.1) is 29.6 Å². The first-order valence-corrected chi connectivity index (χ1v) is 12.8. The first-order valence-electron chi connectivity index (χ1n) is 12.8. The van der Waals surface area contributed by atoms with E-state index < -0.39 is 6.04 Å². The second-order valence-electron chi connectivity index (χ2n) is 12.2. The van der Waals surface area contributed by atoms with Gasteiger partial charge in [-0.05, 0) is 115 Å². The van der Waals surface area contributed by atoms with Crippen LogP contribution in [0.1, 0.15) is 95.8 Å². The maximum atomic E-state index is 12.6. The van der Waals surface area contributed by atoms with Crippen LogP contribution in [0.3, 0.4) is 0 Å². The van der Waals surface area contributed by atoms with Crippen molar-refractivity contribution >= 4 is 5.97 Å². The minimum atomic E-state index is -0.584. The number of carbonyl (C=O) groups excluding carboxylic acids is 1. The third-order valence-electron chi connectivity index (χ3n) is 9.67. The van der Waals surface area contributed by atoms with Gasteiger partial charge in [0, 0.05) is 0 Å². The first-order chi connectivity index (χ1) is 15.0. The van der Waals surface area contributed by atoms with Crippen LogP contribution in [0.25, 0.3) is 0 Å². The quantitative estimate of drug-likeness (QED) is 0.352. The Morgan fingerprint density at radius 2 is 1.88 bits per heavy atom. The molecule has 0 amide bonds. The molecule has 4 rings (SSSR count). The molecule has 2 saturated carbocycles. The normalized spacial score (nSPS) is 33.7. The highest BCUT2D eigenvalue weighted by molar-refractivity contribution is 5.78. The summed E-state index contributed by atoms with van der Waals surface area (Å²) in [6, 6.07) is 3.62. The lowest BCUT2D eigenvalue weighted by Gasteiger charge is -2.61. The van der Waals surface area contributed by atoms with Gasteiger partial charge in [-0.25, -0.2) is 4.79 Å². The Kier molecular flexibility index (Phi) is 6.26. The van der Waals surface area contributed by atoms with E-state index in [1.54, 1.807) is 0 Å². The van der Waals surface area contributed by atoms with Crippen LogP contribution in [0.4, 0.5) is 0 Å². The highest BCUT2D eigenvalue weighted by Gasteiger charge is 2.61. The molecule has 1 aromatic rings. The maximum absolute atomic E-state index is 12.6. The summed E-state index contributed by atoms with van der Waals surface area (Å²) in [6.07, 6.45) is 10.1. The van der Waals surface area contributed by atoms with E-state index in [0.717, 1.165) is 25.2 Å². The number of nitrogens with two attached hydrogens (primary N) is 2. The zero-order valence-electron chi connectivity index (χ0n) is 20.9. The maximum Gasteiger partial charge on any atom is 0.328 e. The number of fused-ring (bicyclic) bond motifs is 5. The molecule has 0 unspecified atom stereocenters. The Labute approximate surface area is 194 Å². The standard InChI is InChI=1S/C28H44N2O2/c1-18-15-20(32-25(31)21(30)9-6-7-14-29)16-19-17-23-27(4)12-8-11-26(2,3)22(27)10-13-28(23,5)24(18)19/h15-16,21-23H,6-14,17,29-30H2,1-5H3/t21-,22+,23+,27-,28+/m0/s1. The smallest absolute Gasteiger partial charge is 0.328 e. The first kappa shape index (κ1) is 23.8. The monoisotopic (exact) mass is 440 g/mol. The lowest BCUT2D eigenvalue weighted by molar-refractivity contribution is -0.136. The molecule has 4 heteroatoms. The van der Waals surface area contributed by atoms with Gasteiger partial charge >= 0.3 is 5.97 Å². The zero-order chi connectivity index (χ0) is 23.3. The van der Waals surface area contributed by atoms with Gasteiger partial charge in [-0.15, -0.1) is 0 Å². The molecule has 5 atom stereocenters. The predicted octanol–water partition coefficient (Wildman–Crippen LogP) is 5.41. The molecule has 4 nitrogen and oxygen atoms in total. The van der Waals surface area contributed by atoms with Crippen molar-refractivity contribution in [1.29, 1.82) is 0 Å². The number of benzene rings is 1. The molecule has 0 radical (unpaired) electrons. The molecule has 32 heavy (non-hydrogen) atoms. The van der Waals surface area contributed by atoms with Crippen molar-refractivity contribution in [3.05, 3.63) is 28.8 Å². The van der Waals surface area contributed by atoms with Crippen LogP contribution in [0.5, 0.6) is 5.75 Å². The number of ether oxygens (including phenoxy) is 1. The van der Waals surface area contributed by atoms with E-state index >= 15 is 0 Å². The fraction of sp³-hybridized carbons (Fsp3) is 0.750. The molecule has 0 aliphatic heterocycles. The summed E-state index contributed by atoms with van der Waals surface area (Å²) in [5.74, 6) is 1.78. The number of hydrogen-bond acceptors (Lipinski definition) is 4. The van der Waals surface area contributed by atoms with Gasteiger partial charge in [-0.2, -0.15) is 0 Å².